The fraction of sp³-hybridized carbons (Fsp3) is 0.333. The van der Waals surface area contributed by atoms with Gasteiger partial charge in [0, 0.05) is 30.0 Å². The molecule has 0 bridgehead atoms. The van der Waals surface area contributed by atoms with Crippen LogP contribution in [-0.2, 0) is 6.42 Å². The summed E-state index contributed by atoms with van der Waals surface area (Å²) in [5.41, 5.74) is 10.6. The van der Waals surface area contributed by atoms with Crippen molar-refractivity contribution in [1.29, 1.82) is 0 Å². The zero-order chi connectivity index (χ0) is 15.4. The zero-order valence-electron chi connectivity index (χ0n) is 12.0. The van der Waals surface area contributed by atoms with Crippen molar-refractivity contribution in [2.45, 2.75) is 19.3 Å². The molecule has 0 atom stereocenters. The fourth-order valence-corrected chi connectivity index (χ4v) is 2.89. The molecule has 3 rings (SSSR count). The molecule has 0 radical (unpaired) electrons. The Bertz CT molecular complexity index is 705. The van der Waals surface area contributed by atoms with E-state index in [-0.39, 0.29) is 5.95 Å². The number of rotatable bonds is 4. The molecule has 1 fully saturated rings. The van der Waals surface area contributed by atoms with Gasteiger partial charge >= 0.3 is 0 Å². The number of hydrogen-bond donors (Lipinski definition) is 0. The molecule has 0 unspecified atom stereocenters. The summed E-state index contributed by atoms with van der Waals surface area (Å²) in [6.45, 7) is 1.87. The molecule has 1 saturated heterocycles. The molecule has 0 N–H and O–H groups in total. The first kappa shape index (κ1) is 14.6. The van der Waals surface area contributed by atoms with Gasteiger partial charge in [-0.15, -0.1) is 0 Å². The van der Waals surface area contributed by atoms with Crippen molar-refractivity contribution in [2.75, 3.05) is 18.0 Å². The van der Waals surface area contributed by atoms with E-state index < -0.39 is 0 Å². The van der Waals surface area contributed by atoms with Gasteiger partial charge in [-0.25, -0.2) is 9.97 Å². The van der Waals surface area contributed by atoms with Gasteiger partial charge in [-0.05, 0) is 29.1 Å². The van der Waals surface area contributed by atoms with E-state index in [1.165, 1.54) is 0 Å². The summed E-state index contributed by atoms with van der Waals surface area (Å²) in [7, 11) is 0. The van der Waals surface area contributed by atoms with E-state index in [2.05, 4.69) is 24.9 Å². The van der Waals surface area contributed by atoms with Crippen molar-refractivity contribution in [2.24, 2.45) is 5.11 Å². The summed E-state index contributed by atoms with van der Waals surface area (Å²) in [4.78, 5) is 13.4. The van der Waals surface area contributed by atoms with Crippen LogP contribution in [0.15, 0.2) is 35.4 Å². The third-order valence-electron chi connectivity index (χ3n) is 3.69. The number of nitrogens with zero attached hydrogens (tertiary/aromatic N) is 6. The van der Waals surface area contributed by atoms with Gasteiger partial charge in [0.1, 0.15) is 11.0 Å². The number of halogens is 1. The molecule has 1 aliphatic rings. The first-order valence-electron chi connectivity index (χ1n) is 7.18. The average Bonchev–Trinajstić information content (AvgIpc) is 3.05. The predicted octanol–water partition coefficient (Wildman–Crippen LogP) is 4.26. The first-order chi connectivity index (χ1) is 10.8. The minimum Gasteiger partial charge on any atom is -0.356 e. The summed E-state index contributed by atoms with van der Waals surface area (Å²) < 4.78 is 0. The van der Waals surface area contributed by atoms with Gasteiger partial charge in [0.25, 0.3) is 0 Å². The van der Waals surface area contributed by atoms with Crippen LogP contribution in [-0.4, -0.2) is 23.1 Å². The van der Waals surface area contributed by atoms with Crippen molar-refractivity contribution in [1.82, 2.24) is 9.97 Å². The van der Waals surface area contributed by atoms with Crippen LogP contribution in [0.3, 0.4) is 0 Å². The minimum absolute atomic E-state index is 0.0752. The van der Waals surface area contributed by atoms with E-state index in [4.69, 9.17) is 17.1 Å². The number of hydrogen-bond acceptors (Lipinski definition) is 4. The molecular formula is C15H15ClN6. The van der Waals surface area contributed by atoms with Crippen LogP contribution in [0.4, 0.5) is 11.8 Å². The SMILES string of the molecule is [N-]=[N+]=Nc1nc(Cl)c(Cc2ccccc2)c(N2CCCC2)n1. The van der Waals surface area contributed by atoms with Gasteiger partial charge in [0.2, 0.25) is 5.95 Å². The highest BCUT2D eigenvalue weighted by Crippen LogP contribution is 2.31. The lowest BCUT2D eigenvalue weighted by Gasteiger charge is -2.21. The van der Waals surface area contributed by atoms with E-state index in [1.54, 1.807) is 0 Å². The second-order valence-electron chi connectivity index (χ2n) is 5.16. The maximum Gasteiger partial charge on any atom is 0.219 e. The summed E-state index contributed by atoms with van der Waals surface area (Å²) in [5, 5.41) is 3.85. The lowest BCUT2D eigenvalue weighted by atomic mass is 10.1. The molecule has 0 aliphatic carbocycles. The van der Waals surface area contributed by atoms with Gasteiger partial charge in [0.05, 0.1) is 0 Å². The Morgan fingerprint density at radius 3 is 2.59 bits per heavy atom. The topological polar surface area (TPSA) is 77.8 Å². The van der Waals surface area contributed by atoms with Crippen molar-refractivity contribution in [3.63, 3.8) is 0 Å². The Kier molecular flexibility index (Phi) is 4.42. The predicted molar refractivity (Wildman–Crippen MR) is 86.5 cm³/mol. The zero-order valence-corrected chi connectivity index (χ0v) is 12.7. The summed E-state index contributed by atoms with van der Waals surface area (Å²) in [6.07, 6.45) is 2.91. The Morgan fingerprint density at radius 2 is 1.91 bits per heavy atom. The maximum absolute atomic E-state index is 8.59. The summed E-state index contributed by atoms with van der Waals surface area (Å²) >= 11 is 6.34. The maximum atomic E-state index is 8.59. The quantitative estimate of drug-likeness (QED) is 0.366. The summed E-state index contributed by atoms with van der Waals surface area (Å²) in [5.74, 6) is 0.856. The lowest BCUT2D eigenvalue weighted by molar-refractivity contribution is 0.903. The molecule has 0 amide bonds. The third kappa shape index (κ3) is 3.13. The summed E-state index contributed by atoms with van der Waals surface area (Å²) in [6, 6.07) is 10.1. The molecule has 1 aromatic carbocycles. The van der Waals surface area contributed by atoms with Crippen molar-refractivity contribution < 1.29 is 0 Å². The van der Waals surface area contributed by atoms with Crippen LogP contribution >= 0.6 is 11.6 Å². The van der Waals surface area contributed by atoms with Gasteiger partial charge < -0.3 is 4.90 Å². The Labute approximate surface area is 133 Å². The van der Waals surface area contributed by atoms with Crippen molar-refractivity contribution in [3.05, 3.63) is 57.1 Å². The van der Waals surface area contributed by atoms with Crippen LogP contribution in [0, 0.1) is 0 Å². The molecule has 112 valence electrons. The molecule has 2 aromatic rings. The molecule has 1 aliphatic heterocycles. The molecule has 7 heteroatoms. The fourth-order valence-electron chi connectivity index (χ4n) is 2.66. The number of anilines is 1. The number of aromatic nitrogens is 2. The van der Waals surface area contributed by atoms with E-state index in [1.807, 2.05) is 30.3 Å². The second kappa shape index (κ2) is 6.64. The molecule has 0 saturated carbocycles. The van der Waals surface area contributed by atoms with Crippen LogP contribution in [0.5, 0.6) is 0 Å². The van der Waals surface area contributed by atoms with Crippen molar-refractivity contribution in [3.8, 4) is 0 Å². The highest BCUT2D eigenvalue weighted by Gasteiger charge is 2.21. The second-order valence-corrected chi connectivity index (χ2v) is 5.52. The van der Waals surface area contributed by atoms with E-state index in [9.17, 15) is 0 Å². The smallest absolute Gasteiger partial charge is 0.219 e. The van der Waals surface area contributed by atoms with E-state index in [0.717, 1.165) is 42.9 Å². The van der Waals surface area contributed by atoms with Gasteiger partial charge in [-0.2, -0.15) is 0 Å². The molecule has 0 spiro atoms. The van der Waals surface area contributed by atoms with Crippen LogP contribution in [0.2, 0.25) is 5.15 Å². The third-order valence-corrected chi connectivity index (χ3v) is 4.00. The van der Waals surface area contributed by atoms with Gasteiger partial charge in [-0.1, -0.05) is 41.9 Å². The molecule has 1 aromatic heterocycles. The highest BCUT2D eigenvalue weighted by molar-refractivity contribution is 6.30. The lowest BCUT2D eigenvalue weighted by Crippen LogP contribution is -2.21. The molecule has 22 heavy (non-hydrogen) atoms. The number of azide groups is 1. The van der Waals surface area contributed by atoms with E-state index in [0.29, 0.717) is 11.6 Å². The minimum atomic E-state index is 0.0752. The van der Waals surface area contributed by atoms with Gasteiger partial charge in [-0.3, -0.25) is 0 Å². The largest absolute Gasteiger partial charge is 0.356 e. The Morgan fingerprint density at radius 1 is 1.18 bits per heavy atom. The van der Waals surface area contributed by atoms with Crippen molar-refractivity contribution >= 4 is 23.4 Å². The van der Waals surface area contributed by atoms with Crippen LogP contribution in [0.1, 0.15) is 24.0 Å². The normalized spacial score (nSPS) is 14.0. The molecule has 6 nitrogen and oxygen atoms in total. The Balaban J connectivity index is 2.04. The Hall–Kier alpha value is -2.30. The van der Waals surface area contributed by atoms with Crippen LogP contribution < -0.4 is 4.90 Å². The van der Waals surface area contributed by atoms with Crippen LogP contribution in [0.25, 0.3) is 10.4 Å². The standard InChI is InChI=1S/C15H15ClN6/c16-13-12(10-11-6-2-1-3-7-11)14(22-8-4-5-9-22)19-15(18-13)20-21-17/h1-3,6-7H,4-5,8-10H2. The first-order valence-corrected chi connectivity index (χ1v) is 7.56. The van der Waals surface area contributed by atoms with E-state index >= 15 is 0 Å². The monoisotopic (exact) mass is 314 g/mol. The molecular weight excluding hydrogens is 300 g/mol. The van der Waals surface area contributed by atoms with Gasteiger partial charge in [0.15, 0.2) is 0 Å². The number of benzene rings is 1. The molecule has 2 heterocycles. The average molecular weight is 315 g/mol. The highest BCUT2D eigenvalue weighted by atomic mass is 35.5.